The van der Waals surface area contributed by atoms with Crippen molar-refractivity contribution in [3.63, 3.8) is 0 Å². The smallest absolute Gasteiger partial charge is 0.238 e. The third-order valence-corrected chi connectivity index (χ3v) is 11.4. The van der Waals surface area contributed by atoms with Crippen LogP contribution in [0.1, 0.15) is 213 Å². The molecule has 0 bridgehead atoms. The molecule has 0 amide bonds. The number of hydrogen-bond acceptors (Lipinski definition) is 3. The molecule has 40 heavy (non-hydrogen) atoms. The Labute approximate surface area is 259 Å². The predicted octanol–water partition coefficient (Wildman–Crippen LogP) is 14.7. The van der Waals surface area contributed by atoms with Crippen molar-refractivity contribution < 1.29 is 9.05 Å². The fraction of sp³-hybridized carbons (Fsp3) is 1.00. The maximum Gasteiger partial charge on any atom is 0.238 e. The first kappa shape index (κ1) is 40.7. The standard InChI is InChI=1S/C36H75O2PS/c1-4-7-10-13-16-19-22-25-28-31-34-37-39(38-35-32-29-26-23-20-17-14-11-8-5-2)40-36-33-30-27-24-21-18-15-12-9-6-3/h4-36H2,1-3H3. The van der Waals surface area contributed by atoms with Crippen LogP contribution in [0, 0.1) is 0 Å². The molecular weight excluding hydrogens is 527 g/mol. The summed E-state index contributed by atoms with van der Waals surface area (Å²) in [5, 5.41) is 0. The van der Waals surface area contributed by atoms with E-state index in [9.17, 15) is 0 Å². The molecule has 0 atom stereocenters. The molecule has 0 aliphatic rings. The molecule has 0 radical (unpaired) electrons. The summed E-state index contributed by atoms with van der Waals surface area (Å²) in [6.07, 6.45) is 41.7. The maximum atomic E-state index is 6.30. The molecule has 0 N–H and O–H groups in total. The van der Waals surface area contributed by atoms with Gasteiger partial charge < -0.3 is 9.05 Å². The molecule has 0 saturated carbocycles. The van der Waals surface area contributed by atoms with Gasteiger partial charge in [0.05, 0.1) is 13.2 Å². The molecule has 0 spiro atoms. The summed E-state index contributed by atoms with van der Waals surface area (Å²) in [4.78, 5) is 0. The minimum Gasteiger partial charge on any atom is -0.326 e. The maximum absolute atomic E-state index is 6.30. The van der Waals surface area contributed by atoms with Gasteiger partial charge in [0.15, 0.2) is 0 Å². The van der Waals surface area contributed by atoms with Crippen LogP contribution in [-0.2, 0) is 9.05 Å². The zero-order valence-electron chi connectivity index (χ0n) is 28.0. The van der Waals surface area contributed by atoms with E-state index in [1.54, 1.807) is 0 Å². The molecule has 0 heterocycles. The Balaban J connectivity index is 3.89. The molecule has 0 aromatic heterocycles. The van der Waals surface area contributed by atoms with E-state index in [1.165, 1.54) is 198 Å². The topological polar surface area (TPSA) is 18.5 Å². The van der Waals surface area contributed by atoms with Gasteiger partial charge in [-0.05, 0) is 19.3 Å². The first-order valence-corrected chi connectivity index (χ1v) is 21.3. The molecule has 0 aromatic rings. The molecule has 0 aliphatic carbocycles. The number of rotatable bonds is 36. The molecule has 0 aromatic carbocycles. The van der Waals surface area contributed by atoms with Crippen LogP contribution >= 0.6 is 19.0 Å². The molecule has 242 valence electrons. The van der Waals surface area contributed by atoms with Crippen molar-refractivity contribution in [3.05, 3.63) is 0 Å². The van der Waals surface area contributed by atoms with Crippen molar-refractivity contribution in [2.24, 2.45) is 0 Å². The summed E-state index contributed by atoms with van der Waals surface area (Å²) in [7, 11) is -0.753. The second-order valence-corrected chi connectivity index (χ2v) is 15.6. The van der Waals surface area contributed by atoms with Crippen molar-refractivity contribution in [3.8, 4) is 0 Å². The van der Waals surface area contributed by atoms with Crippen LogP contribution in [0.15, 0.2) is 0 Å². The Hall–Kier alpha value is 0.700. The molecule has 0 unspecified atom stereocenters. The molecule has 2 nitrogen and oxygen atoms in total. The van der Waals surface area contributed by atoms with E-state index in [0.717, 1.165) is 13.2 Å². The summed E-state index contributed by atoms with van der Waals surface area (Å²) in [6.45, 7) is 8.69. The minimum absolute atomic E-state index is 0.753. The van der Waals surface area contributed by atoms with E-state index in [-0.39, 0.29) is 0 Å². The molecule has 0 saturated heterocycles. The lowest BCUT2D eigenvalue weighted by Gasteiger charge is -2.17. The van der Waals surface area contributed by atoms with Crippen LogP contribution in [0.25, 0.3) is 0 Å². The van der Waals surface area contributed by atoms with Gasteiger partial charge in [0, 0.05) is 5.75 Å². The largest absolute Gasteiger partial charge is 0.326 e. The van der Waals surface area contributed by atoms with Crippen molar-refractivity contribution in [1.29, 1.82) is 0 Å². The van der Waals surface area contributed by atoms with Crippen molar-refractivity contribution >= 4 is 19.0 Å². The molecule has 4 heteroatoms. The third kappa shape index (κ3) is 34.9. The summed E-state index contributed by atoms with van der Waals surface area (Å²) < 4.78 is 12.6. The fourth-order valence-electron chi connectivity index (χ4n) is 5.30. The lowest BCUT2D eigenvalue weighted by Crippen LogP contribution is -1.95. The highest BCUT2D eigenvalue weighted by molar-refractivity contribution is 8.52. The molecule has 0 fully saturated rings. The first-order chi connectivity index (χ1) is 19.8. The molecule has 0 rings (SSSR count). The van der Waals surface area contributed by atoms with Crippen LogP contribution in [0.2, 0.25) is 0 Å². The molecular formula is C36H75O2PS. The van der Waals surface area contributed by atoms with E-state index >= 15 is 0 Å². The normalized spacial score (nSPS) is 11.7. The lowest BCUT2D eigenvalue weighted by molar-refractivity contribution is 0.251. The second-order valence-electron chi connectivity index (χ2n) is 12.3. The highest BCUT2D eigenvalue weighted by Gasteiger charge is 2.11. The fourth-order valence-corrected chi connectivity index (χ4v) is 8.29. The first-order valence-electron chi connectivity index (χ1n) is 18.5. The van der Waals surface area contributed by atoms with Gasteiger partial charge in [0.25, 0.3) is 0 Å². The number of unbranched alkanes of at least 4 members (excludes halogenated alkanes) is 27. The minimum atomic E-state index is -0.753. The summed E-state index contributed by atoms with van der Waals surface area (Å²) in [5.74, 6) is 1.21. The average Bonchev–Trinajstić information content (AvgIpc) is 2.97. The van der Waals surface area contributed by atoms with Crippen LogP contribution in [0.3, 0.4) is 0 Å². The third-order valence-electron chi connectivity index (χ3n) is 8.08. The van der Waals surface area contributed by atoms with Gasteiger partial charge in [-0.15, -0.1) is 0 Å². The second kappa shape index (κ2) is 37.7. The Kier molecular flexibility index (Phi) is 38.4. The van der Waals surface area contributed by atoms with Crippen LogP contribution < -0.4 is 0 Å². The Morgan fingerprint density at radius 3 is 0.875 bits per heavy atom. The van der Waals surface area contributed by atoms with Crippen LogP contribution in [-0.4, -0.2) is 19.0 Å². The van der Waals surface area contributed by atoms with Gasteiger partial charge in [0.2, 0.25) is 7.58 Å². The lowest BCUT2D eigenvalue weighted by atomic mass is 10.1. The Bertz CT molecular complexity index is 375. The van der Waals surface area contributed by atoms with Crippen molar-refractivity contribution in [1.82, 2.24) is 0 Å². The van der Waals surface area contributed by atoms with E-state index in [2.05, 4.69) is 20.8 Å². The highest BCUT2D eigenvalue weighted by Crippen LogP contribution is 2.52. The van der Waals surface area contributed by atoms with E-state index in [1.807, 2.05) is 11.4 Å². The zero-order valence-corrected chi connectivity index (χ0v) is 29.7. The average molecular weight is 603 g/mol. The number of hydrogen-bond donors (Lipinski definition) is 0. The van der Waals surface area contributed by atoms with Crippen LogP contribution in [0.5, 0.6) is 0 Å². The zero-order chi connectivity index (χ0) is 29.0. The van der Waals surface area contributed by atoms with Crippen molar-refractivity contribution in [2.45, 2.75) is 213 Å². The van der Waals surface area contributed by atoms with Gasteiger partial charge in [-0.3, -0.25) is 0 Å². The highest BCUT2D eigenvalue weighted by atomic mass is 32.7. The molecule has 0 aliphatic heterocycles. The van der Waals surface area contributed by atoms with Gasteiger partial charge in [0.1, 0.15) is 0 Å². The van der Waals surface area contributed by atoms with E-state index in [0.29, 0.717) is 0 Å². The van der Waals surface area contributed by atoms with Gasteiger partial charge in [-0.1, -0.05) is 206 Å². The van der Waals surface area contributed by atoms with Gasteiger partial charge >= 0.3 is 0 Å². The van der Waals surface area contributed by atoms with E-state index in [4.69, 9.17) is 9.05 Å². The van der Waals surface area contributed by atoms with Gasteiger partial charge in [-0.2, -0.15) is 0 Å². The van der Waals surface area contributed by atoms with E-state index < -0.39 is 7.58 Å². The Morgan fingerprint density at radius 1 is 0.325 bits per heavy atom. The monoisotopic (exact) mass is 603 g/mol. The van der Waals surface area contributed by atoms with Gasteiger partial charge in [-0.25, -0.2) is 0 Å². The van der Waals surface area contributed by atoms with Crippen LogP contribution in [0.4, 0.5) is 0 Å². The van der Waals surface area contributed by atoms with Crippen molar-refractivity contribution in [2.75, 3.05) is 19.0 Å². The summed E-state index contributed by atoms with van der Waals surface area (Å²) >= 11 is 1.98. The predicted molar refractivity (Wildman–Crippen MR) is 187 cm³/mol. The summed E-state index contributed by atoms with van der Waals surface area (Å²) in [6, 6.07) is 0. The quantitative estimate of drug-likeness (QED) is 0.0525. The summed E-state index contributed by atoms with van der Waals surface area (Å²) in [5.41, 5.74) is 0. The SMILES string of the molecule is CCCCCCCCCCCCOP(OCCCCCCCCCCCC)SCCCCCCCCCCCC. The Morgan fingerprint density at radius 2 is 0.575 bits per heavy atom.